The normalized spacial score (nSPS) is 15.1. The molecule has 0 aliphatic rings. The average molecular weight is 271 g/mol. The lowest BCUT2D eigenvalue weighted by Gasteiger charge is -1.98. The Morgan fingerprint density at radius 3 is 2.47 bits per heavy atom. The molecule has 0 aliphatic heterocycles. The summed E-state index contributed by atoms with van der Waals surface area (Å²) in [6, 6.07) is 0. The van der Waals surface area contributed by atoms with Crippen LogP contribution >= 0.6 is 15.9 Å². The highest BCUT2D eigenvalue weighted by Gasteiger charge is 1.94. The fourth-order valence-electron chi connectivity index (χ4n) is 0.963. The second kappa shape index (κ2) is 8.60. The van der Waals surface area contributed by atoms with Gasteiger partial charge >= 0.3 is 0 Å². The predicted octanol–water partition coefficient (Wildman–Crippen LogP) is 4.13. The molecule has 15 heavy (non-hydrogen) atoms. The van der Waals surface area contributed by atoms with Gasteiger partial charge in [-0.3, -0.25) is 4.99 Å². The van der Waals surface area contributed by atoms with Crippen LogP contribution in [-0.2, 0) is 0 Å². The number of aliphatic imine (C=N–C) groups is 2. The Bertz CT molecular complexity index is 299. The molecule has 0 saturated carbocycles. The minimum Gasteiger partial charge on any atom is -0.274 e. The first kappa shape index (κ1) is 14.3. The van der Waals surface area contributed by atoms with Gasteiger partial charge in [0, 0.05) is 17.2 Å². The highest BCUT2D eigenvalue weighted by atomic mass is 79.9. The predicted molar refractivity (Wildman–Crippen MR) is 73.2 cm³/mol. The van der Waals surface area contributed by atoms with Crippen LogP contribution in [0.25, 0.3) is 0 Å². The zero-order chi connectivity index (χ0) is 11.7. The lowest BCUT2D eigenvalue weighted by Crippen LogP contribution is -1.97. The number of hydrogen-bond donors (Lipinski definition) is 0. The molecule has 0 spiro atoms. The Hall–Kier alpha value is -0.700. The van der Waals surface area contributed by atoms with Gasteiger partial charge in [0.05, 0.1) is 0 Å². The minimum absolute atomic E-state index is 0.819. The van der Waals surface area contributed by atoms with Crippen molar-refractivity contribution in [1.82, 2.24) is 0 Å². The second-order valence-corrected chi connectivity index (χ2v) is 4.05. The van der Waals surface area contributed by atoms with Gasteiger partial charge in [-0.05, 0) is 32.4 Å². The van der Waals surface area contributed by atoms with E-state index < -0.39 is 0 Å². The van der Waals surface area contributed by atoms with E-state index in [1.165, 1.54) is 0 Å². The minimum atomic E-state index is 0.819. The maximum absolute atomic E-state index is 4.42. The van der Waals surface area contributed by atoms with Gasteiger partial charge in [-0.25, -0.2) is 4.99 Å². The van der Waals surface area contributed by atoms with Gasteiger partial charge in [0.1, 0.15) is 5.84 Å². The fraction of sp³-hybridized carbons (Fsp3) is 0.500. The topological polar surface area (TPSA) is 24.7 Å². The van der Waals surface area contributed by atoms with Gasteiger partial charge in [-0.1, -0.05) is 35.4 Å². The van der Waals surface area contributed by atoms with Crippen LogP contribution in [0, 0.1) is 0 Å². The number of amidine groups is 1. The van der Waals surface area contributed by atoms with Crippen molar-refractivity contribution < 1.29 is 0 Å². The fourth-order valence-corrected chi connectivity index (χ4v) is 1.09. The molecule has 0 aromatic carbocycles. The van der Waals surface area contributed by atoms with Crippen LogP contribution in [0.4, 0.5) is 0 Å². The van der Waals surface area contributed by atoms with Crippen LogP contribution in [0.15, 0.2) is 32.7 Å². The van der Waals surface area contributed by atoms with E-state index in [2.05, 4.69) is 32.8 Å². The molecule has 0 radical (unpaired) electrons. The molecule has 0 saturated heterocycles. The van der Waals surface area contributed by atoms with Crippen LogP contribution in [0.5, 0.6) is 0 Å². The molecular weight excluding hydrogens is 252 g/mol. The monoisotopic (exact) mass is 270 g/mol. The number of nitrogens with zero attached hydrogens (tertiary/aromatic N) is 2. The average Bonchev–Trinajstić information content (AvgIpc) is 2.25. The largest absolute Gasteiger partial charge is 0.274 e. The molecule has 0 atom stereocenters. The molecule has 0 fully saturated rings. The quantitative estimate of drug-likeness (QED) is 0.417. The second-order valence-electron chi connectivity index (χ2n) is 3.13. The summed E-state index contributed by atoms with van der Waals surface area (Å²) in [5.74, 6) is 0.819. The Kier molecular flexibility index (Phi) is 8.19. The number of hydrogen-bond acceptors (Lipinski definition) is 1. The maximum atomic E-state index is 4.42. The number of rotatable bonds is 4. The van der Waals surface area contributed by atoms with Crippen molar-refractivity contribution in [2.75, 3.05) is 7.05 Å². The van der Waals surface area contributed by atoms with Crippen molar-refractivity contribution in [3.05, 3.63) is 22.7 Å². The van der Waals surface area contributed by atoms with E-state index in [0.29, 0.717) is 0 Å². The van der Waals surface area contributed by atoms with Crippen LogP contribution in [0.2, 0.25) is 0 Å². The smallest absolute Gasteiger partial charge is 0.120 e. The van der Waals surface area contributed by atoms with E-state index >= 15 is 0 Å². The third-order valence-corrected chi connectivity index (χ3v) is 2.57. The molecule has 0 unspecified atom stereocenters. The molecule has 0 bridgehead atoms. The lowest BCUT2D eigenvalue weighted by molar-refractivity contribution is 0.996. The standard InChI is InChI=1S/C12H19BrN2/c1-5-7-12(15-10(3)14-4)9-8-11(13)6-2/h6,8-9H,5,7H2,1-4H3/b9-8-,11-6+,14-10?,15-12?. The molecule has 0 aliphatic carbocycles. The first-order valence-electron chi connectivity index (χ1n) is 5.14. The zero-order valence-corrected chi connectivity index (χ0v) is 11.5. The van der Waals surface area contributed by atoms with E-state index in [0.717, 1.165) is 28.9 Å². The summed E-state index contributed by atoms with van der Waals surface area (Å²) < 4.78 is 1.07. The van der Waals surface area contributed by atoms with Gasteiger partial charge in [-0.15, -0.1) is 0 Å². The van der Waals surface area contributed by atoms with Crippen molar-refractivity contribution in [2.24, 2.45) is 9.98 Å². The van der Waals surface area contributed by atoms with E-state index in [1.54, 1.807) is 7.05 Å². The van der Waals surface area contributed by atoms with Crippen molar-refractivity contribution in [1.29, 1.82) is 0 Å². The van der Waals surface area contributed by atoms with Crippen molar-refractivity contribution in [2.45, 2.75) is 33.6 Å². The van der Waals surface area contributed by atoms with Gasteiger partial charge in [0.15, 0.2) is 0 Å². The summed E-state index contributed by atoms with van der Waals surface area (Å²) in [6.07, 6.45) is 8.11. The van der Waals surface area contributed by atoms with Crippen LogP contribution < -0.4 is 0 Å². The van der Waals surface area contributed by atoms with Crippen molar-refractivity contribution in [3.8, 4) is 0 Å². The summed E-state index contributed by atoms with van der Waals surface area (Å²) in [5, 5.41) is 0. The molecule has 0 rings (SSSR count). The Balaban J connectivity index is 4.68. The summed E-state index contributed by atoms with van der Waals surface area (Å²) in [4.78, 5) is 8.45. The molecule has 3 heteroatoms. The third-order valence-electron chi connectivity index (χ3n) is 1.85. The summed E-state index contributed by atoms with van der Waals surface area (Å²) >= 11 is 3.43. The summed E-state index contributed by atoms with van der Waals surface area (Å²) in [6.45, 7) is 6.05. The van der Waals surface area contributed by atoms with Crippen LogP contribution in [0.3, 0.4) is 0 Å². The molecule has 84 valence electrons. The Labute approximate surface area is 101 Å². The Morgan fingerprint density at radius 2 is 2.00 bits per heavy atom. The molecule has 0 aromatic rings. The zero-order valence-electron chi connectivity index (χ0n) is 9.92. The maximum Gasteiger partial charge on any atom is 0.120 e. The van der Waals surface area contributed by atoms with Crippen molar-refractivity contribution >= 4 is 27.5 Å². The van der Waals surface area contributed by atoms with Gasteiger partial charge in [0.2, 0.25) is 0 Å². The summed E-state index contributed by atoms with van der Waals surface area (Å²) in [7, 11) is 1.76. The third kappa shape index (κ3) is 7.25. The molecule has 0 heterocycles. The molecule has 0 amide bonds. The first-order valence-corrected chi connectivity index (χ1v) is 5.94. The molecule has 0 aromatic heterocycles. The summed E-state index contributed by atoms with van der Waals surface area (Å²) in [5.41, 5.74) is 1.07. The number of allylic oxidation sites excluding steroid dienone is 4. The Morgan fingerprint density at radius 1 is 1.33 bits per heavy atom. The lowest BCUT2D eigenvalue weighted by atomic mass is 10.2. The van der Waals surface area contributed by atoms with E-state index in [4.69, 9.17) is 0 Å². The van der Waals surface area contributed by atoms with Crippen LogP contribution in [0.1, 0.15) is 33.6 Å². The van der Waals surface area contributed by atoms with E-state index in [-0.39, 0.29) is 0 Å². The molecule has 0 N–H and O–H groups in total. The van der Waals surface area contributed by atoms with Crippen molar-refractivity contribution in [3.63, 3.8) is 0 Å². The van der Waals surface area contributed by atoms with Gasteiger partial charge in [0.25, 0.3) is 0 Å². The SMILES string of the molecule is C/C=C(Br)\C=C/C(CCC)=NC(C)=NC. The van der Waals surface area contributed by atoms with Crippen LogP contribution in [-0.4, -0.2) is 18.6 Å². The van der Waals surface area contributed by atoms with Gasteiger partial charge in [-0.2, -0.15) is 0 Å². The molecule has 2 nitrogen and oxygen atoms in total. The first-order chi connectivity index (χ1) is 7.13. The van der Waals surface area contributed by atoms with E-state index in [9.17, 15) is 0 Å². The van der Waals surface area contributed by atoms with E-state index in [1.807, 2.05) is 32.1 Å². The highest BCUT2D eigenvalue weighted by molar-refractivity contribution is 9.11. The highest BCUT2D eigenvalue weighted by Crippen LogP contribution is 2.07. The molecular formula is C12H19BrN2. The van der Waals surface area contributed by atoms with Gasteiger partial charge < -0.3 is 0 Å². The number of halogens is 1.